The molecule has 6 nitrogen and oxygen atoms in total. The van der Waals surface area contributed by atoms with E-state index in [1.54, 1.807) is 13.3 Å². The minimum atomic E-state index is -0.301. The molecule has 24 heavy (non-hydrogen) atoms. The van der Waals surface area contributed by atoms with Crippen molar-refractivity contribution in [3.8, 4) is 5.69 Å². The van der Waals surface area contributed by atoms with Crippen LogP contribution in [0.25, 0.3) is 16.9 Å². The summed E-state index contributed by atoms with van der Waals surface area (Å²) in [5, 5.41) is 0.388. The first-order valence-corrected chi connectivity index (χ1v) is 8.69. The van der Waals surface area contributed by atoms with Crippen molar-refractivity contribution in [3.63, 3.8) is 0 Å². The highest BCUT2D eigenvalue weighted by atomic mass is 32.2. The number of thioether (sulfide) groups is 1. The van der Waals surface area contributed by atoms with Gasteiger partial charge in [0.15, 0.2) is 5.65 Å². The van der Waals surface area contributed by atoms with Gasteiger partial charge in [-0.15, -0.1) is 0 Å². The Hall–Kier alpha value is -2.41. The normalized spacial score (nSPS) is 12.2. The summed E-state index contributed by atoms with van der Waals surface area (Å²) in [6.45, 7) is 4.13. The number of carbonyl (C=O) groups is 1. The number of esters is 1. The van der Waals surface area contributed by atoms with E-state index in [9.17, 15) is 4.79 Å². The molecular weight excluding hydrogens is 324 g/mol. The van der Waals surface area contributed by atoms with Gasteiger partial charge >= 0.3 is 5.97 Å². The van der Waals surface area contributed by atoms with E-state index in [0.29, 0.717) is 23.6 Å². The summed E-state index contributed by atoms with van der Waals surface area (Å²) in [5.41, 5.74) is 2.39. The number of ether oxygens (including phenoxy) is 1. The van der Waals surface area contributed by atoms with Crippen molar-refractivity contribution in [2.24, 2.45) is 0 Å². The minimum Gasteiger partial charge on any atom is -0.465 e. The highest BCUT2D eigenvalue weighted by Crippen LogP contribution is 2.30. The van der Waals surface area contributed by atoms with Crippen LogP contribution < -0.4 is 0 Å². The number of benzene rings is 1. The maximum Gasteiger partial charge on any atom is 0.319 e. The number of para-hydroxylation sites is 1. The van der Waals surface area contributed by atoms with Crippen LogP contribution >= 0.6 is 11.8 Å². The summed E-state index contributed by atoms with van der Waals surface area (Å²) >= 11 is 1.37. The third-order valence-corrected chi connectivity index (χ3v) is 4.84. The fourth-order valence-corrected chi connectivity index (χ4v) is 3.31. The van der Waals surface area contributed by atoms with Crippen LogP contribution in [0, 0.1) is 0 Å². The summed E-state index contributed by atoms with van der Waals surface area (Å²) in [4.78, 5) is 25.1. The zero-order valence-corrected chi connectivity index (χ0v) is 14.4. The fourth-order valence-electron chi connectivity index (χ4n) is 2.35. The maximum absolute atomic E-state index is 12.0. The Morgan fingerprint density at radius 1 is 1.21 bits per heavy atom. The van der Waals surface area contributed by atoms with E-state index < -0.39 is 0 Å². The predicted octanol–water partition coefficient (Wildman–Crippen LogP) is 3.25. The number of fused-ring (bicyclic) bond motifs is 1. The molecule has 0 aliphatic rings. The molecule has 1 atom stereocenters. The zero-order chi connectivity index (χ0) is 16.9. The van der Waals surface area contributed by atoms with E-state index in [1.165, 1.54) is 18.1 Å². The molecule has 124 valence electrons. The van der Waals surface area contributed by atoms with Gasteiger partial charge in [0.05, 0.1) is 6.61 Å². The lowest BCUT2D eigenvalue weighted by atomic mass is 10.3. The monoisotopic (exact) mass is 342 g/mol. The Labute approximate surface area is 144 Å². The predicted molar refractivity (Wildman–Crippen MR) is 93.2 cm³/mol. The smallest absolute Gasteiger partial charge is 0.319 e. The largest absolute Gasteiger partial charge is 0.465 e. The van der Waals surface area contributed by atoms with Gasteiger partial charge in [0.2, 0.25) is 0 Å². The summed E-state index contributed by atoms with van der Waals surface area (Å²) in [7, 11) is 0. The second kappa shape index (κ2) is 7.44. The number of hydrogen-bond donors (Lipinski definition) is 0. The van der Waals surface area contributed by atoms with Crippen LogP contribution in [0.15, 0.2) is 48.0 Å². The Kier molecular flexibility index (Phi) is 5.10. The van der Waals surface area contributed by atoms with Crippen molar-refractivity contribution in [2.45, 2.75) is 30.5 Å². The molecule has 1 unspecified atom stereocenters. The van der Waals surface area contributed by atoms with Crippen molar-refractivity contribution in [1.29, 1.82) is 0 Å². The first kappa shape index (κ1) is 16.4. The molecule has 0 bridgehead atoms. The lowest BCUT2D eigenvalue weighted by Crippen LogP contribution is -2.19. The Morgan fingerprint density at radius 2 is 2.00 bits per heavy atom. The zero-order valence-electron chi connectivity index (χ0n) is 13.5. The van der Waals surface area contributed by atoms with Crippen LogP contribution in [-0.4, -0.2) is 37.3 Å². The van der Waals surface area contributed by atoms with E-state index in [2.05, 4.69) is 15.0 Å². The average Bonchev–Trinajstić information content (AvgIpc) is 3.05. The minimum absolute atomic E-state index is 0.223. The van der Waals surface area contributed by atoms with E-state index in [4.69, 9.17) is 4.74 Å². The molecule has 0 spiro atoms. The Morgan fingerprint density at radius 3 is 2.71 bits per heavy atom. The Balaban J connectivity index is 1.96. The molecule has 1 aromatic carbocycles. The molecule has 0 aliphatic carbocycles. The van der Waals surface area contributed by atoms with Crippen molar-refractivity contribution in [2.75, 3.05) is 6.61 Å². The van der Waals surface area contributed by atoms with Crippen molar-refractivity contribution in [1.82, 2.24) is 19.5 Å². The van der Waals surface area contributed by atoms with Gasteiger partial charge in [0.1, 0.15) is 28.4 Å². The average molecular weight is 342 g/mol. The number of nitrogens with zero attached hydrogens (tertiary/aromatic N) is 4. The number of carbonyl (C=O) groups excluding carboxylic acids is 1. The number of imidazole rings is 1. The van der Waals surface area contributed by atoms with Crippen LogP contribution in [0.5, 0.6) is 0 Å². The van der Waals surface area contributed by atoms with Gasteiger partial charge in [-0.1, -0.05) is 36.9 Å². The molecule has 0 saturated heterocycles. The quantitative estimate of drug-likeness (QED) is 0.389. The van der Waals surface area contributed by atoms with E-state index in [0.717, 1.165) is 11.3 Å². The van der Waals surface area contributed by atoms with E-state index >= 15 is 0 Å². The van der Waals surface area contributed by atoms with Gasteiger partial charge in [-0.3, -0.25) is 9.36 Å². The summed E-state index contributed by atoms with van der Waals surface area (Å²) in [6.07, 6.45) is 3.89. The van der Waals surface area contributed by atoms with Gasteiger partial charge in [0, 0.05) is 5.69 Å². The Bertz CT molecular complexity index is 835. The molecule has 7 heteroatoms. The second-order valence-corrected chi connectivity index (χ2v) is 6.26. The molecule has 3 rings (SSSR count). The number of rotatable bonds is 6. The summed E-state index contributed by atoms with van der Waals surface area (Å²) in [5.74, 6) is -0.223. The highest BCUT2D eigenvalue weighted by Gasteiger charge is 2.22. The van der Waals surface area contributed by atoms with Crippen LogP contribution in [0.2, 0.25) is 0 Å². The number of hydrogen-bond acceptors (Lipinski definition) is 6. The van der Waals surface area contributed by atoms with Gasteiger partial charge in [-0.25, -0.2) is 15.0 Å². The standard InChI is InChI=1S/C17H18N4O2S/c1-3-13(17(22)23-4-2)24-16-14-15(18-10-19-16)21(11-20-14)12-8-6-5-7-9-12/h5-11,13H,3-4H2,1-2H3. The first-order valence-electron chi connectivity index (χ1n) is 7.81. The maximum atomic E-state index is 12.0. The molecule has 0 N–H and O–H groups in total. The van der Waals surface area contributed by atoms with Crippen LogP contribution in [-0.2, 0) is 9.53 Å². The van der Waals surface area contributed by atoms with Gasteiger partial charge in [0.25, 0.3) is 0 Å². The lowest BCUT2D eigenvalue weighted by Gasteiger charge is -2.12. The van der Waals surface area contributed by atoms with Crippen LogP contribution in [0.3, 0.4) is 0 Å². The molecule has 0 amide bonds. The van der Waals surface area contributed by atoms with Crippen LogP contribution in [0.4, 0.5) is 0 Å². The van der Waals surface area contributed by atoms with Crippen molar-refractivity contribution < 1.29 is 9.53 Å². The molecular formula is C17H18N4O2S. The topological polar surface area (TPSA) is 69.9 Å². The number of aromatic nitrogens is 4. The van der Waals surface area contributed by atoms with E-state index in [1.807, 2.05) is 41.8 Å². The van der Waals surface area contributed by atoms with Crippen LogP contribution in [0.1, 0.15) is 20.3 Å². The first-order chi connectivity index (χ1) is 11.7. The third kappa shape index (κ3) is 3.26. The molecule has 0 fully saturated rings. The third-order valence-electron chi connectivity index (χ3n) is 3.51. The molecule has 0 radical (unpaired) electrons. The second-order valence-electron chi connectivity index (χ2n) is 5.07. The molecule has 2 heterocycles. The highest BCUT2D eigenvalue weighted by molar-refractivity contribution is 8.00. The lowest BCUT2D eigenvalue weighted by molar-refractivity contribution is -0.142. The van der Waals surface area contributed by atoms with Gasteiger partial charge < -0.3 is 4.74 Å². The molecule has 2 aromatic heterocycles. The fraction of sp³-hybridized carbons (Fsp3) is 0.294. The summed E-state index contributed by atoms with van der Waals surface area (Å²) < 4.78 is 7.03. The molecule has 3 aromatic rings. The van der Waals surface area contributed by atoms with Crippen molar-refractivity contribution >= 4 is 28.9 Å². The van der Waals surface area contributed by atoms with Gasteiger partial charge in [-0.05, 0) is 25.5 Å². The SMILES string of the molecule is CCOC(=O)C(CC)Sc1ncnc2c1ncn2-c1ccccc1. The molecule has 0 saturated carbocycles. The summed E-state index contributed by atoms with van der Waals surface area (Å²) in [6, 6.07) is 9.87. The van der Waals surface area contributed by atoms with Gasteiger partial charge in [-0.2, -0.15) is 0 Å². The molecule has 0 aliphatic heterocycles. The van der Waals surface area contributed by atoms with E-state index in [-0.39, 0.29) is 11.2 Å². The van der Waals surface area contributed by atoms with Crippen molar-refractivity contribution in [3.05, 3.63) is 43.0 Å².